The molecule has 1 amide bonds. The lowest BCUT2D eigenvalue weighted by Crippen LogP contribution is -2.48. The van der Waals surface area contributed by atoms with E-state index in [9.17, 15) is 4.79 Å². The minimum atomic E-state index is 0.151. The molecule has 2 heterocycles. The highest BCUT2D eigenvalue weighted by Gasteiger charge is 2.29. The van der Waals surface area contributed by atoms with Gasteiger partial charge in [-0.25, -0.2) is 0 Å². The molecule has 33 heavy (non-hydrogen) atoms. The molecule has 0 aliphatic carbocycles. The molecule has 1 fully saturated rings. The number of methoxy groups -OCH3 is 1. The molecule has 174 valence electrons. The smallest absolute Gasteiger partial charge is 0.233 e. The Labute approximate surface area is 199 Å². The van der Waals surface area contributed by atoms with Crippen LogP contribution in [0.15, 0.2) is 59.8 Å². The molecule has 0 saturated carbocycles. The van der Waals surface area contributed by atoms with Crippen molar-refractivity contribution in [3.63, 3.8) is 0 Å². The quantitative estimate of drug-likeness (QED) is 0.447. The van der Waals surface area contributed by atoms with E-state index < -0.39 is 0 Å². The van der Waals surface area contributed by atoms with E-state index >= 15 is 0 Å². The second-order valence-corrected chi connectivity index (χ2v) is 9.20. The van der Waals surface area contributed by atoms with Gasteiger partial charge in [-0.2, -0.15) is 0 Å². The summed E-state index contributed by atoms with van der Waals surface area (Å²) >= 11 is 1.42. The standard InChI is InChI=1S/C25H30N4O3S/c1-18-8-7-9-19(2)28(18)24(30)17-33-25-27-26-23(29(25)20-10-5-4-6-11-20)16-32-22-14-12-21(31-3)13-15-22/h4-6,10-15,18-19H,7-9,16-17H2,1-3H3/t18-,19+. The first-order valence-corrected chi connectivity index (χ1v) is 12.3. The van der Waals surface area contributed by atoms with Crippen LogP contribution in [0.4, 0.5) is 0 Å². The Morgan fingerprint density at radius 1 is 1.00 bits per heavy atom. The highest BCUT2D eigenvalue weighted by molar-refractivity contribution is 7.99. The van der Waals surface area contributed by atoms with E-state index in [0.717, 1.165) is 30.0 Å². The minimum absolute atomic E-state index is 0.151. The summed E-state index contributed by atoms with van der Waals surface area (Å²) in [6.45, 7) is 4.53. The Morgan fingerprint density at radius 3 is 2.33 bits per heavy atom. The number of piperidine rings is 1. The van der Waals surface area contributed by atoms with Crippen molar-refractivity contribution < 1.29 is 14.3 Å². The van der Waals surface area contributed by atoms with Crippen LogP contribution in [0.5, 0.6) is 11.5 Å². The van der Waals surface area contributed by atoms with Crippen molar-refractivity contribution in [3.05, 3.63) is 60.4 Å². The number of carbonyl (C=O) groups excluding carboxylic acids is 1. The first-order valence-electron chi connectivity index (χ1n) is 11.3. The maximum atomic E-state index is 13.0. The van der Waals surface area contributed by atoms with Gasteiger partial charge in [-0.1, -0.05) is 30.0 Å². The van der Waals surface area contributed by atoms with Crippen molar-refractivity contribution in [2.75, 3.05) is 12.9 Å². The number of nitrogens with zero attached hydrogens (tertiary/aromatic N) is 4. The third-order valence-electron chi connectivity index (χ3n) is 5.95. The third-order valence-corrected chi connectivity index (χ3v) is 6.86. The van der Waals surface area contributed by atoms with Crippen molar-refractivity contribution in [3.8, 4) is 17.2 Å². The average molecular weight is 467 g/mol. The number of carbonyl (C=O) groups is 1. The summed E-state index contributed by atoms with van der Waals surface area (Å²) in [6, 6.07) is 17.9. The molecule has 1 aliphatic rings. The van der Waals surface area contributed by atoms with Crippen molar-refractivity contribution in [2.45, 2.75) is 57.0 Å². The van der Waals surface area contributed by atoms with Crippen molar-refractivity contribution in [2.24, 2.45) is 0 Å². The molecule has 4 rings (SSSR count). The van der Waals surface area contributed by atoms with Gasteiger partial charge in [0.05, 0.1) is 12.9 Å². The molecule has 3 aromatic rings. The van der Waals surface area contributed by atoms with Gasteiger partial charge in [-0.05, 0) is 69.5 Å². The topological polar surface area (TPSA) is 69.5 Å². The number of amides is 1. The lowest BCUT2D eigenvalue weighted by molar-refractivity contribution is -0.134. The molecule has 2 aromatic carbocycles. The van der Waals surface area contributed by atoms with Gasteiger partial charge in [0.15, 0.2) is 11.0 Å². The maximum Gasteiger partial charge on any atom is 0.233 e. The maximum absolute atomic E-state index is 13.0. The normalized spacial score (nSPS) is 18.2. The second-order valence-electron chi connectivity index (χ2n) is 8.25. The molecule has 0 bridgehead atoms. The summed E-state index contributed by atoms with van der Waals surface area (Å²) in [7, 11) is 1.63. The van der Waals surface area contributed by atoms with Crippen molar-refractivity contribution >= 4 is 17.7 Å². The minimum Gasteiger partial charge on any atom is -0.497 e. The Kier molecular flexibility index (Phi) is 7.54. The van der Waals surface area contributed by atoms with E-state index in [1.165, 1.54) is 18.2 Å². The molecule has 7 nitrogen and oxygen atoms in total. The van der Waals surface area contributed by atoms with E-state index in [1.807, 2.05) is 64.1 Å². The summed E-state index contributed by atoms with van der Waals surface area (Å²) < 4.78 is 13.1. The molecule has 0 spiro atoms. The predicted octanol–water partition coefficient (Wildman–Crippen LogP) is 4.74. The molecule has 0 N–H and O–H groups in total. The molecule has 0 radical (unpaired) electrons. The third kappa shape index (κ3) is 5.50. The van der Waals surface area contributed by atoms with Crippen LogP contribution >= 0.6 is 11.8 Å². The second kappa shape index (κ2) is 10.7. The zero-order chi connectivity index (χ0) is 23.2. The fraction of sp³-hybridized carbons (Fsp3) is 0.400. The molecule has 0 unspecified atom stereocenters. The summed E-state index contributed by atoms with van der Waals surface area (Å²) in [6.07, 6.45) is 3.31. The Bertz CT molecular complexity index is 1050. The Hall–Kier alpha value is -3.00. The van der Waals surface area contributed by atoms with E-state index in [-0.39, 0.29) is 24.6 Å². The van der Waals surface area contributed by atoms with Crippen LogP contribution in [0.3, 0.4) is 0 Å². The SMILES string of the molecule is COc1ccc(OCc2nnc(SCC(=O)N3[C@H](C)CCC[C@@H]3C)n2-c2ccccc2)cc1. The van der Waals surface area contributed by atoms with Crippen LogP contribution < -0.4 is 9.47 Å². The lowest BCUT2D eigenvalue weighted by Gasteiger charge is -2.39. The van der Waals surface area contributed by atoms with Crippen LogP contribution in [0.2, 0.25) is 0 Å². The first-order chi connectivity index (χ1) is 16.1. The van der Waals surface area contributed by atoms with Gasteiger partial charge in [0, 0.05) is 17.8 Å². The lowest BCUT2D eigenvalue weighted by atomic mass is 9.98. The summed E-state index contributed by atoms with van der Waals surface area (Å²) in [5, 5.41) is 9.45. The van der Waals surface area contributed by atoms with Gasteiger partial charge in [-0.15, -0.1) is 10.2 Å². The van der Waals surface area contributed by atoms with Crippen LogP contribution in [0.1, 0.15) is 38.9 Å². The summed E-state index contributed by atoms with van der Waals surface area (Å²) in [5.74, 6) is 2.65. The van der Waals surface area contributed by atoms with Crippen molar-refractivity contribution in [1.82, 2.24) is 19.7 Å². The van der Waals surface area contributed by atoms with Crippen LogP contribution in [-0.4, -0.2) is 50.5 Å². The first kappa shape index (κ1) is 23.2. The largest absolute Gasteiger partial charge is 0.497 e. The Balaban J connectivity index is 1.50. The molecule has 8 heteroatoms. The van der Waals surface area contributed by atoms with E-state index in [0.29, 0.717) is 16.7 Å². The summed E-state index contributed by atoms with van der Waals surface area (Å²) in [5.41, 5.74) is 0.936. The van der Waals surface area contributed by atoms with Crippen LogP contribution in [0.25, 0.3) is 5.69 Å². The highest BCUT2D eigenvalue weighted by atomic mass is 32.2. The number of thioether (sulfide) groups is 1. The molecular formula is C25H30N4O3S. The van der Waals surface area contributed by atoms with E-state index in [4.69, 9.17) is 9.47 Å². The summed E-state index contributed by atoms with van der Waals surface area (Å²) in [4.78, 5) is 15.1. The zero-order valence-electron chi connectivity index (χ0n) is 19.3. The monoisotopic (exact) mass is 466 g/mol. The molecular weight excluding hydrogens is 436 g/mol. The van der Waals surface area contributed by atoms with E-state index in [2.05, 4.69) is 24.0 Å². The van der Waals surface area contributed by atoms with Crippen LogP contribution in [-0.2, 0) is 11.4 Å². The van der Waals surface area contributed by atoms with Gasteiger partial charge in [0.25, 0.3) is 0 Å². The number of aromatic nitrogens is 3. The van der Waals surface area contributed by atoms with Crippen LogP contribution in [0, 0.1) is 0 Å². The van der Waals surface area contributed by atoms with Crippen molar-refractivity contribution in [1.29, 1.82) is 0 Å². The highest BCUT2D eigenvalue weighted by Crippen LogP contribution is 2.27. The van der Waals surface area contributed by atoms with Gasteiger partial charge in [-0.3, -0.25) is 9.36 Å². The number of para-hydroxylation sites is 1. The van der Waals surface area contributed by atoms with Gasteiger partial charge < -0.3 is 14.4 Å². The number of hydrogen-bond acceptors (Lipinski definition) is 6. The number of rotatable bonds is 8. The zero-order valence-corrected chi connectivity index (χ0v) is 20.1. The molecule has 1 aliphatic heterocycles. The number of benzene rings is 2. The van der Waals surface area contributed by atoms with Gasteiger partial charge >= 0.3 is 0 Å². The number of ether oxygens (including phenoxy) is 2. The Morgan fingerprint density at radius 2 is 1.67 bits per heavy atom. The molecule has 1 saturated heterocycles. The fourth-order valence-corrected chi connectivity index (χ4v) is 5.10. The predicted molar refractivity (Wildman–Crippen MR) is 129 cm³/mol. The number of hydrogen-bond donors (Lipinski definition) is 0. The van der Waals surface area contributed by atoms with E-state index in [1.54, 1.807) is 7.11 Å². The molecule has 1 aromatic heterocycles. The average Bonchev–Trinajstić information content (AvgIpc) is 3.25. The van der Waals surface area contributed by atoms with Gasteiger partial charge in [0.2, 0.25) is 5.91 Å². The van der Waals surface area contributed by atoms with Gasteiger partial charge in [0.1, 0.15) is 18.1 Å². The number of likely N-dealkylation sites (tertiary alicyclic amines) is 1. The fourth-order valence-electron chi connectivity index (χ4n) is 4.26. The molecule has 2 atom stereocenters.